The second kappa shape index (κ2) is 9.65. The summed E-state index contributed by atoms with van der Waals surface area (Å²) in [5.74, 6) is -1.29. The topological polar surface area (TPSA) is 113 Å². The smallest absolute Gasteiger partial charge is 0.303 e. The molecule has 0 unspecified atom stereocenters. The molecule has 0 aliphatic carbocycles. The van der Waals surface area contributed by atoms with Gasteiger partial charge in [0.15, 0.2) is 0 Å². The SMILES string of the molecule is O=C(O)CCCCCNC(=O)c1ccccc1S(=O)(=O)N1CCOCC1. The molecule has 0 radical (unpaired) electrons. The van der Waals surface area contributed by atoms with Crippen LogP contribution >= 0.6 is 0 Å². The molecule has 0 spiro atoms. The second-order valence-electron chi connectivity index (χ2n) is 5.97. The first-order chi connectivity index (χ1) is 12.4. The lowest BCUT2D eigenvalue weighted by Crippen LogP contribution is -2.41. The van der Waals surface area contributed by atoms with Gasteiger partial charge in [-0.15, -0.1) is 0 Å². The summed E-state index contributed by atoms with van der Waals surface area (Å²) in [6.45, 7) is 1.57. The molecule has 0 saturated carbocycles. The molecule has 8 nitrogen and oxygen atoms in total. The van der Waals surface area contributed by atoms with Crippen molar-refractivity contribution in [2.75, 3.05) is 32.8 Å². The normalized spacial score (nSPS) is 15.5. The van der Waals surface area contributed by atoms with Crippen molar-refractivity contribution in [3.8, 4) is 0 Å². The fourth-order valence-electron chi connectivity index (χ4n) is 2.68. The number of aliphatic carboxylic acids is 1. The van der Waals surface area contributed by atoms with E-state index >= 15 is 0 Å². The van der Waals surface area contributed by atoms with Gasteiger partial charge in [-0.05, 0) is 25.0 Å². The van der Waals surface area contributed by atoms with Crippen LogP contribution in [0.3, 0.4) is 0 Å². The van der Waals surface area contributed by atoms with Crippen molar-refractivity contribution in [3.05, 3.63) is 29.8 Å². The monoisotopic (exact) mass is 384 g/mol. The molecule has 1 amide bonds. The Labute approximate surface area is 153 Å². The molecule has 1 heterocycles. The Hall–Kier alpha value is -1.97. The molecule has 1 aromatic rings. The van der Waals surface area contributed by atoms with Crippen LogP contribution in [0.15, 0.2) is 29.2 Å². The molecular formula is C17H24N2O6S. The molecule has 1 aliphatic heterocycles. The van der Waals surface area contributed by atoms with Gasteiger partial charge in [-0.2, -0.15) is 4.31 Å². The van der Waals surface area contributed by atoms with Crippen LogP contribution in [0.4, 0.5) is 0 Å². The third-order valence-corrected chi connectivity index (χ3v) is 6.03. The lowest BCUT2D eigenvalue weighted by molar-refractivity contribution is -0.137. The number of benzene rings is 1. The van der Waals surface area contributed by atoms with Gasteiger partial charge in [-0.1, -0.05) is 18.6 Å². The number of hydrogen-bond acceptors (Lipinski definition) is 5. The number of carboxylic acid groups (broad SMARTS) is 1. The van der Waals surface area contributed by atoms with Gasteiger partial charge in [0.2, 0.25) is 10.0 Å². The quantitative estimate of drug-likeness (QED) is 0.616. The van der Waals surface area contributed by atoms with Crippen LogP contribution in [0.25, 0.3) is 0 Å². The number of sulfonamides is 1. The van der Waals surface area contributed by atoms with Crippen molar-refractivity contribution in [2.24, 2.45) is 0 Å². The van der Waals surface area contributed by atoms with Gasteiger partial charge in [0.05, 0.1) is 23.7 Å². The molecule has 9 heteroatoms. The van der Waals surface area contributed by atoms with E-state index in [9.17, 15) is 18.0 Å². The molecule has 26 heavy (non-hydrogen) atoms. The molecule has 0 atom stereocenters. The third kappa shape index (κ3) is 5.52. The average Bonchev–Trinajstić information content (AvgIpc) is 2.65. The first-order valence-electron chi connectivity index (χ1n) is 8.60. The predicted octanol–water partition coefficient (Wildman–Crippen LogP) is 1.08. The minimum Gasteiger partial charge on any atom is -0.481 e. The number of carbonyl (C=O) groups excluding carboxylic acids is 1. The van der Waals surface area contributed by atoms with E-state index in [-0.39, 0.29) is 30.0 Å². The minimum absolute atomic E-state index is 0.00900. The molecule has 1 fully saturated rings. The number of morpholine rings is 1. The molecule has 2 N–H and O–H groups in total. The number of nitrogens with zero attached hydrogens (tertiary/aromatic N) is 1. The Morgan fingerprint density at radius 1 is 1.12 bits per heavy atom. The number of amides is 1. The van der Waals surface area contributed by atoms with Crippen LogP contribution in [0.1, 0.15) is 36.0 Å². The number of rotatable bonds is 9. The minimum atomic E-state index is -3.76. The first-order valence-corrected chi connectivity index (χ1v) is 10.0. The largest absolute Gasteiger partial charge is 0.481 e. The molecule has 2 rings (SSSR count). The molecule has 1 aliphatic rings. The number of carboxylic acids is 1. The molecule has 1 aromatic carbocycles. The summed E-state index contributed by atoms with van der Waals surface area (Å²) < 4.78 is 32.2. The van der Waals surface area contributed by atoms with Gasteiger partial charge < -0.3 is 15.2 Å². The lowest BCUT2D eigenvalue weighted by atomic mass is 10.2. The highest BCUT2D eigenvalue weighted by atomic mass is 32.2. The Bertz CT molecular complexity index is 729. The van der Waals surface area contributed by atoms with Crippen molar-refractivity contribution in [2.45, 2.75) is 30.6 Å². The van der Waals surface area contributed by atoms with Crippen LogP contribution < -0.4 is 5.32 Å². The molecule has 0 bridgehead atoms. The van der Waals surface area contributed by atoms with Crippen LogP contribution in [-0.2, 0) is 19.6 Å². The van der Waals surface area contributed by atoms with Crippen molar-refractivity contribution in [1.82, 2.24) is 9.62 Å². The van der Waals surface area contributed by atoms with Crippen LogP contribution in [-0.4, -0.2) is 62.6 Å². The standard InChI is InChI=1S/C17H24N2O6S/c20-16(21)8-2-1-5-9-18-17(22)14-6-3-4-7-15(14)26(23,24)19-10-12-25-13-11-19/h3-4,6-7H,1-2,5,8-13H2,(H,18,22)(H,20,21). The second-order valence-corrected chi connectivity index (χ2v) is 7.88. The van der Waals surface area contributed by atoms with E-state index < -0.39 is 21.9 Å². The molecule has 0 aromatic heterocycles. The van der Waals surface area contributed by atoms with Crippen molar-refractivity contribution in [3.63, 3.8) is 0 Å². The van der Waals surface area contributed by atoms with Crippen molar-refractivity contribution < 1.29 is 27.9 Å². The van der Waals surface area contributed by atoms with Crippen LogP contribution in [0.5, 0.6) is 0 Å². The Morgan fingerprint density at radius 3 is 2.50 bits per heavy atom. The number of ether oxygens (including phenoxy) is 1. The highest BCUT2D eigenvalue weighted by Crippen LogP contribution is 2.21. The summed E-state index contributed by atoms with van der Waals surface area (Å²) >= 11 is 0. The number of nitrogens with one attached hydrogen (secondary N) is 1. The summed E-state index contributed by atoms with van der Waals surface area (Å²) in [6, 6.07) is 6.15. The summed E-state index contributed by atoms with van der Waals surface area (Å²) in [5, 5.41) is 11.3. The van der Waals surface area contributed by atoms with E-state index in [1.165, 1.54) is 16.4 Å². The summed E-state index contributed by atoms with van der Waals surface area (Å²) in [5.41, 5.74) is 0.115. The highest BCUT2D eigenvalue weighted by Gasteiger charge is 2.29. The highest BCUT2D eigenvalue weighted by molar-refractivity contribution is 7.89. The Balaban J connectivity index is 1.99. The molecular weight excluding hydrogens is 360 g/mol. The van der Waals surface area contributed by atoms with Crippen LogP contribution in [0.2, 0.25) is 0 Å². The van der Waals surface area contributed by atoms with E-state index in [4.69, 9.17) is 9.84 Å². The molecule has 1 saturated heterocycles. The number of hydrogen-bond donors (Lipinski definition) is 2. The summed E-state index contributed by atoms with van der Waals surface area (Å²) in [7, 11) is -3.76. The van der Waals surface area contributed by atoms with E-state index in [0.717, 1.165) is 0 Å². The van der Waals surface area contributed by atoms with Crippen LogP contribution in [0, 0.1) is 0 Å². The van der Waals surface area contributed by atoms with E-state index in [1.54, 1.807) is 12.1 Å². The summed E-state index contributed by atoms with van der Waals surface area (Å²) in [6.07, 6.45) is 1.97. The Morgan fingerprint density at radius 2 is 1.81 bits per heavy atom. The summed E-state index contributed by atoms with van der Waals surface area (Å²) in [4.78, 5) is 22.9. The van der Waals surface area contributed by atoms with Gasteiger partial charge in [0, 0.05) is 26.1 Å². The first kappa shape index (κ1) is 20.3. The zero-order chi connectivity index (χ0) is 19.0. The Kier molecular flexibility index (Phi) is 7.55. The van der Waals surface area contributed by atoms with Gasteiger partial charge >= 0.3 is 5.97 Å². The van der Waals surface area contributed by atoms with E-state index in [2.05, 4.69) is 5.32 Å². The third-order valence-electron chi connectivity index (χ3n) is 4.07. The van der Waals surface area contributed by atoms with Gasteiger partial charge in [0.1, 0.15) is 0 Å². The van der Waals surface area contributed by atoms with Gasteiger partial charge in [-0.25, -0.2) is 8.42 Å². The fourth-order valence-corrected chi connectivity index (χ4v) is 4.28. The van der Waals surface area contributed by atoms with E-state index in [1.807, 2.05) is 0 Å². The maximum Gasteiger partial charge on any atom is 0.303 e. The maximum absolute atomic E-state index is 12.8. The zero-order valence-corrected chi connectivity index (χ0v) is 15.3. The zero-order valence-electron chi connectivity index (χ0n) is 14.5. The van der Waals surface area contributed by atoms with Gasteiger partial charge in [-0.3, -0.25) is 9.59 Å². The number of unbranched alkanes of at least 4 members (excludes halogenated alkanes) is 2. The average molecular weight is 384 g/mol. The fraction of sp³-hybridized carbons (Fsp3) is 0.529. The van der Waals surface area contributed by atoms with Gasteiger partial charge in [0.25, 0.3) is 5.91 Å². The van der Waals surface area contributed by atoms with Crippen molar-refractivity contribution in [1.29, 1.82) is 0 Å². The number of carbonyl (C=O) groups is 2. The van der Waals surface area contributed by atoms with E-state index in [0.29, 0.717) is 39.0 Å². The maximum atomic E-state index is 12.8. The molecule has 144 valence electrons. The predicted molar refractivity (Wildman–Crippen MR) is 94.5 cm³/mol. The lowest BCUT2D eigenvalue weighted by Gasteiger charge is -2.26. The van der Waals surface area contributed by atoms with Crippen molar-refractivity contribution >= 4 is 21.9 Å².